The highest BCUT2D eigenvalue weighted by atomic mass is 35.5. The van der Waals surface area contributed by atoms with Crippen molar-refractivity contribution >= 4 is 29.2 Å². The van der Waals surface area contributed by atoms with Gasteiger partial charge in [0.1, 0.15) is 12.4 Å². The van der Waals surface area contributed by atoms with Crippen LogP contribution in [0.25, 0.3) is 11.1 Å². The number of anilines is 1. The van der Waals surface area contributed by atoms with E-state index in [0.717, 1.165) is 30.1 Å². The van der Waals surface area contributed by atoms with Crippen LogP contribution in [0.2, 0.25) is 5.02 Å². The molecule has 0 amide bonds. The summed E-state index contributed by atoms with van der Waals surface area (Å²) in [6.45, 7) is 0.724. The van der Waals surface area contributed by atoms with Gasteiger partial charge in [-0.05, 0) is 60.0 Å². The molecule has 1 aliphatic heterocycles. The van der Waals surface area contributed by atoms with Gasteiger partial charge >= 0.3 is 6.18 Å². The van der Waals surface area contributed by atoms with Crippen molar-refractivity contribution in [1.82, 2.24) is 0 Å². The molecule has 0 aromatic heterocycles. The Hall–Kier alpha value is -2.45. The van der Waals surface area contributed by atoms with E-state index in [1.165, 1.54) is 12.1 Å². The third-order valence-electron chi connectivity index (χ3n) is 4.46. The van der Waals surface area contributed by atoms with Crippen molar-refractivity contribution < 1.29 is 26.7 Å². The predicted octanol–water partition coefficient (Wildman–Crippen LogP) is 7.21. The van der Waals surface area contributed by atoms with Gasteiger partial charge in [-0.3, -0.25) is 0 Å². The molecular formula is C21H13ClF5NOS. The number of hydrogen-bond acceptors (Lipinski definition) is 3. The Morgan fingerprint density at radius 2 is 1.80 bits per heavy atom. The molecule has 3 aromatic carbocycles. The number of fused-ring (bicyclic) bond motifs is 1. The van der Waals surface area contributed by atoms with Crippen LogP contribution in [0.5, 0.6) is 5.75 Å². The number of hydrogen-bond donors (Lipinski definition) is 0. The van der Waals surface area contributed by atoms with Crippen LogP contribution in [0.3, 0.4) is 0 Å². The maximum absolute atomic E-state index is 14.3. The fraction of sp³-hybridized carbons (Fsp3) is 0.143. The van der Waals surface area contributed by atoms with Gasteiger partial charge in [-0.15, -0.1) is 0 Å². The zero-order valence-electron chi connectivity index (χ0n) is 15.1. The van der Waals surface area contributed by atoms with Crippen LogP contribution in [0.15, 0.2) is 59.5 Å². The molecule has 2 nitrogen and oxygen atoms in total. The van der Waals surface area contributed by atoms with Gasteiger partial charge in [0, 0.05) is 15.5 Å². The summed E-state index contributed by atoms with van der Waals surface area (Å²) in [5, 5.41) is 0.0491. The summed E-state index contributed by atoms with van der Waals surface area (Å²) in [5.41, 5.74) is 0.150. The molecule has 0 radical (unpaired) electrons. The van der Waals surface area contributed by atoms with Gasteiger partial charge in [0.05, 0.1) is 17.8 Å². The SMILES string of the molecule is Fc1cc(Cl)cc(-c2ccc3c(c2)N(Sc2cccc(C(F)(F)F)c2)CCO3)c1F. The van der Waals surface area contributed by atoms with Crippen LogP contribution >= 0.6 is 23.5 Å². The van der Waals surface area contributed by atoms with E-state index in [9.17, 15) is 22.0 Å². The van der Waals surface area contributed by atoms with E-state index in [2.05, 4.69) is 0 Å². The lowest BCUT2D eigenvalue weighted by atomic mass is 10.0. The molecule has 0 saturated heterocycles. The first-order valence-electron chi connectivity index (χ1n) is 8.77. The molecule has 0 unspecified atom stereocenters. The van der Waals surface area contributed by atoms with Crippen molar-refractivity contribution in [3.05, 3.63) is 76.8 Å². The molecule has 156 valence electrons. The lowest BCUT2D eigenvalue weighted by molar-refractivity contribution is -0.137. The van der Waals surface area contributed by atoms with Crippen molar-refractivity contribution in [3.8, 4) is 16.9 Å². The minimum Gasteiger partial charge on any atom is -0.489 e. The Morgan fingerprint density at radius 1 is 1.00 bits per heavy atom. The summed E-state index contributed by atoms with van der Waals surface area (Å²) >= 11 is 6.98. The second-order valence-corrected chi connectivity index (χ2v) is 8.03. The smallest absolute Gasteiger partial charge is 0.416 e. The topological polar surface area (TPSA) is 12.5 Å². The Kier molecular flexibility index (Phi) is 5.55. The van der Waals surface area contributed by atoms with Gasteiger partial charge in [-0.1, -0.05) is 23.7 Å². The molecule has 0 atom stereocenters. The van der Waals surface area contributed by atoms with Crippen molar-refractivity contribution in [3.63, 3.8) is 0 Å². The number of ether oxygens (including phenoxy) is 1. The van der Waals surface area contributed by atoms with E-state index >= 15 is 0 Å². The van der Waals surface area contributed by atoms with Crippen molar-refractivity contribution in [2.24, 2.45) is 0 Å². The zero-order chi connectivity index (χ0) is 21.5. The van der Waals surface area contributed by atoms with E-state index in [-0.39, 0.29) is 10.6 Å². The first-order valence-corrected chi connectivity index (χ1v) is 9.92. The van der Waals surface area contributed by atoms with Crippen LogP contribution in [-0.4, -0.2) is 13.2 Å². The number of benzene rings is 3. The number of nitrogens with zero attached hydrogens (tertiary/aromatic N) is 1. The van der Waals surface area contributed by atoms with Gasteiger partial charge < -0.3 is 9.04 Å². The number of alkyl halides is 3. The highest BCUT2D eigenvalue weighted by molar-refractivity contribution is 8.00. The first-order chi connectivity index (χ1) is 14.2. The summed E-state index contributed by atoms with van der Waals surface area (Å²) in [7, 11) is 0. The van der Waals surface area contributed by atoms with Gasteiger partial charge in [0.25, 0.3) is 0 Å². The highest BCUT2D eigenvalue weighted by Crippen LogP contribution is 2.42. The molecular weight excluding hydrogens is 445 g/mol. The molecule has 0 fully saturated rings. The van der Waals surface area contributed by atoms with Crippen LogP contribution in [0.1, 0.15) is 5.56 Å². The van der Waals surface area contributed by atoms with Crippen LogP contribution in [-0.2, 0) is 6.18 Å². The highest BCUT2D eigenvalue weighted by Gasteiger charge is 2.31. The third-order valence-corrected chi connectivity index (χ3v) is 5.74. The molecule has 0 saturated carbocycles. The Labute approximate surface area is 178 Å². The van der Waals surface area contributed by atoms with E-state index in [1.54, 1.807) is 28.6 Å². The van der Waals surface area contributed by atoms with E-state index < -0.39 is 23.4 Å². The molecule has 9 heteroatoms. The standard InChI is InChI=1S/C21H13ClF5NOS/c22-14-10-16(20(24)17(23)11-14)12-4-5-19-18(8-12)28(6-7-29-19)30-15-3-1-2-13(9-15)21(25,26)27/h1-5,8-11H,6-7H2. The van der Waals surface area contributed by atoms with Gasteiger partial charge in [0.15, 0.2) is 11.6 Å². The normalized spacial score (nSPS) is 13.7. The van der Waals surface area contributed by atoms with Gasteiger partial charge in [-0.2, -0.15) is 13.2 Å². The quantitative estimate of drug-likeness (QED) is 0.234. The number of rotatable bonds is 3. The average molecular weight is 458 g/mol. The third kappa shape index (κ3) is 4.20. The molecule has 0 spiro atoms. The maximum atomic E-state index is 14.3. The fourth-order valence-electron chi connectivity index (χ4n) is 3.08. The second-order valence-electron chi connectivity index (χ2n) is 6.50. The molecule has 1 aliphatic rings. The second kappa shape index (κ2) is 8.00. The van der Waals surface area contributed by atoms with Crippen LogP contribution in [0.4, 0.5) is 27.6 Å². The lowest BCUT2D eigenvalue weighted by Crippen LogP contribution is -2.26. The summed E-state index contributed by atoms with van der Waals surface area (Å²) in [5.74, 6) is -1.61. The monoisotopic (exact) mass is 457 g/mol. The molecule has 1 heterocycles. The molecule has 3 aromatic rings. The fourth-order valence-corrected chi connectivity index (χ4v) is 4.26. The van der Waals surface area contributed by atoms with E-state index in [0.29, 0.717) is 35.0 Å². The molecule has 0 N–H and O–H groups in total. The predicted molar refractivity (Wildman–Crippen MR) is 107 cm³/mol. The summed E-state index contributed by atoms with van der Waals surface area (Å²) in [6.07, 6.45) is -4.44. The Morgan fingerprint density at radius 3 is 2.57 bits per heavy atom. The Bertz CT molecular complexity index is 1110. The molecule has 30 heavy (non-hydrogen) atoms. The van der Waals surface area contributed by atoms with Crippen molar-refractivity contribution in [2.45, 2.75) is 11.1 Å². The van der Waals surface area contributed by atoms with Crippen molar-refractivity contribution in [1.29, 1.82) is 0 Å². The summed E-state index contributed by atoms with van der Waals surface area (Å²) in [4.78, 5) is 0.392. The lowest BCUT2D eigenvalue weighted by Gasteiger charge is -2.30. The zero-order valence-corrected chi connectivity index (χ0v) is 16.7. The number of halogens is 6. The molecule has 4 rings (SSSR count). The summed E-state index contributed by atoms with van der Waals surface area (Å²) < 4.78 is 74.5. The minimum absolute atomic E-state index is 0.0163. The van der Waals surface area contributed by atoms with Gasteiger partial charge in [0.2, 0.25) is 0 Å². The van der Waals surface area contributed by atoms with Crippen LogP contribution < -0.4 is 9.04 Å². The summed E-state index contributed by atoms with van der Waals surface area (Å²) in [6, 6.07) is 12.0. The average Bonchev–Trinajstić information content (AvgIpc) is 2.70. The van der Waals surface area contributed by atoms with E-state index in [1.807, 2.05) is 0 Å². The minimum atomic E-state index is -4.44. The van der Waals surface area contributed by atoms with Crippen molar-refractivity contribution in [2.75, 3.05) is 17.5 Å². The largest absolute Gasteiger partial charge is 0.489 e. The maximum Gasteiger partial charge on any atom is 0.416 e. The first kappa shape index (κ1) is 20.8. The van der Waals surface area contributed by atoms with E-state index in [4.69, 9.17) is 16.3 Å². The Balaban J connectivity index is 1.70. The van der Waals surface area contributed by atoms with Crippen LogP contribution in [0, 0.1) is 11.6 Å². The molecule has 0 aliphatic carbocycles. The molecule has 0 bridgehead atoms. The van der Waals surface area contributed by atoms with Gasteiger partial charge in [-0.25, -0.2) is 8.78 Å².